The van der Waals surface area contributed by atoms with Crippen molar-refractivity contribution in [1.82, 2.24) is 0 Å². The lowest BCUT2D eigenvalue weighted by atomic mass is 10.0. The van der Waals surface area contributed by atoms with Crippen LogP contribution in [-0.4, -0.2) is 6.10 Å². The number of ether oxygens (including phenoxy) is 1. The third kappa shape index (κ3) is 2.98. The first-order valence-electron chi connectivity index (χ1n) is 5.50. The van der Waals surface area contributed by atoms with Crippen molar-refractivity contribution in [1.29, 1.82) is 5.26 Å². The van der Waals surface area contributed by atoms with Gasteiger partial charge >= 0.3 is 0 Å². The van der Waals surface area contributed by atoms with Gasteiger partial charge in [-0.3, -0.25) is 0 Å². The molecular weight excluding hydrogens is 200 g/mol. The maximum absolute atomic E-state index is 8.87. The van der Waals surface area contributed by atoms with Gasteiger partial charge in [0.15, 0.2) is 6.10 Å². The summed E-state index contributed by atoms with van der Waals surface area (Å²) in [7, 11) is 0. The molecule has 0 fully saturated rings. The third-order valence-corrected chi connectivity index (χ3v) is 2.44. The van der Waals surface area contributed by atoms with E-state index in [4.69, 9.17) is 15.7 Å². The van der Waals surface area contributed by atoms with Crippen LogP contribution in [0.25, 0.3) is 0 Å². The Kier molecular flexibility index (Phi) is 4.33. The summed E-state index contributed by atoms with van der Waals surface area (Å²) < 4.78 is 5.62. The third-order valence-electron chi connectivity index (χ3n) is 2.44. The Labute approximate surface area is 96.8 Å². The molecule has 0 aliphatic heterocycles. The van der Waals surface area contributed by atoms with E-state index in [0.717, 1.165) is 11.1 Å². The first-order chi connectivity index (χ1) is 7.58. The number of nitrogens with zero attached hydrogens (tertiary/aromatic N) is 1. The molecule has 0 aliphatic rings. The molecule has 0 aliphatic carbocycles. The molecule has 0 radical (unpaired) electrons. The Morgan fingerprint density at radius 3 is 2.69 bits per heavy atom. The predicted octanol–water partition coefficient (Wildman–Crippen LogP) is 2.70. The van der Waals surface area contributed by atoms with Crippen molar-refractivity contribution >= 4 is 0 Å². The minimum absolute atomic E-state index is 0.0916. The average molecular weight is 218 g/mol. The zero-order valence-corrected chi connectivity index (χ0v) is 10.0. The topological polar surface area (TPSA) is 59.0 Å². The zero-order valence-electron chi connectivity index (χ0n) is 10.0. The Morgan fingerprint density at radius 1 is 1.50 bits per heavy atom. The fourth-order valence-corrected chi connectivity index (χ4v) is 1.49. The van der Waals surface area contributed by atoms with Gasteiger partial charge in [0.25, 0.3) is 0 Å². The van der Waals surface area contributed by atoms with Crippen molar-refractivity contribution in [3.8, 4) is 11.8 Å². The maximum Gasteiger partial charge on any atom is 0.184 e. The molecule has 2 N–H and O–H groups in total. The molecule has 1 unspecified atom stereocenters. The van der Waals surface area contributed by atoms with Gasteiger partial charge < -0.3 is 10.5 Å². The van der Waals surface area contributed by atoms with E-state index < -0.39 is 6.10 Å². The van der Waals surface area contributed by atoms with Crippen LogP contribution in [0.15, 0.2) is 18.2 Å². The van der Waals surface area contributed by atoms with Crippen LogP contribution in [0, 0.1) is 18.3 Å². The van der Waals surface area contributed by atoms with E-state index in [1.165, 1.54) is 0 Å². The summed E-state index contributed by atoms with van der Waals surface area (Å²) in [5, 5.41) is 8.87. The first-order valence-corrected chi connectivity index (χ1v) is 5.50. The number of aryl methyl sites for hydroxylation is 1. The molecule has 3 heteroatoms. The van der Waals surface area contributed by atoms with E-state index >= 15 is 0 Å². The minimum Gasteiger partial charge on any atom is -0.475 e. The highest BCUT2D eigenvalue weighted by atomic mass is 16.5. The molecular formula is C13H18N2O. The van der Waals surface area contributed by atoms with Crippen LogP contribution in [0.2, 0.25) is 0 Å². The summed E-state index contributed by atoms with van der Waals surface area (Å²) in [5.74, 6) is 0.717. The van der Waals surface area contributed by atoms with Gasteiger partial charge in [-0.05, 0) is 26.3 Å². The summed E-state index contributed by atoms with van der Waals surface area (Å²) in [6.07, 6.45) is 0.267. The van der Waals surface area contributed by atoms with E-state index in [1.54, 1.807) is 0 Å². The van der Waals surface area contributed by atoms with Gasteiger partial charge in [-0.1, -0.05) is 24.6 Å². The largest absolute Gasteiger partial charge is 0.475 e. The summed E-state index contributed by atoms with van der Waals surface area (Å²) in [4.78, 5) is 0. The highest BCUT2D eigenvalue weighted by molar-refractivity contribution is 5.39. The highest BCUT2D eigenvalue weighted by Gasteiger charge is 2.12. The molecule has 16 heavy (non-hydrogen) atoms. The second-order valence-electron chi connectivity index (χ2n) is 3.97. The Hall–Kier alpha value is -1.53. The number of rotatable bonds is 4. The van der Waals surface area contributed by atoms with Crippen molar-refractivity contribution in [2.75, 3.05) is 0 Å². The SMILES string of the molecule is CCC(C#N)Oc1ccc(C)cc1[C@H](C)N. The van der Waals surface area contributed by atoms with Crippen LogP contribution in [0.4, 0.5) is 0 Å². The predicted molar refractivity (Wildman–Crippen MR) is 64.1 cm³/mol. The molecule has 0 amide bonds. The lowest BCUT2D eigenvalue weighted by Gasteiger charge is -2.17. The molecule has 0 bridgehead atoms. The summed E-state index contributed by atoms with van der Waals surface area (Å²) >= 11 is 0. The standard InChI is InChI=1S/C13H18N2O/c1-4-11(8-14)16-13-6-5-9(2)7-12(13)10(3)15/h5-7,10-11H,4,15H2,1-3H3/t10-,11?/m0/s1. The van der Waals surface area contributed by atoms with Gasteiger partial charge in [0.1, 0.15) is 11.8 Å². The number of nitrogens with two attached hydrogens (primary N) is 1. The summed E-state index contributed by atoms with van der Waals surface area (Å²) in [6.45, 7) is 5.85. The summed E-state index contributed by atoms with van der Waals surface area (Å²) in [5.41, 5.74) is 7.97. The lowest BCUT2D eigenvalue weighted by molar-refractivity contribution is 0.248. The van der Waals surface area contributed by atoms with Crippen molar-refractivity contribution in [3.05, 3.63) is 29.3 Å². The van der Waals surface area contributed by atoms with Crippen molar-refractivity contribution in [3.63, 3.8) is 0 Å². The molecule has 0 saturated carbocycles. The van der Waals surface area contributed by atoms with Crippen molar-refractivity contribution in [2.45, 2.75) is 39.3 Å². The summed E-state index contributed by atoms with van der Waals surface area (Å²) in [6, 6.07) is 7.88. The van der Waals surface area contributed by atoms with Crippen LogP contribution >= 0.6 is 0 Å². The van der Waals surface area contributed by atoms with Gasteiger partial charge in [0, 0.05) is 11.6 Å². The van der Waals surface area contributed by atoms with Crippen LogP contribution in [0.3, 0.4) is 0 Å². The molecule has 1 rings (SSSR count). The van der Waals surface area contributed by atoms with E-state index in [1.807, 2.05) is 39.0 Å². The van der Waals surface area contributed by atoms with E-state index in [0.29, 0.717) is 12.2 Å². The van der Waals surface area contributed by atoms with Gasteiger partial charge in [0.2, 0.25) is 0 Å². The van der Waals surface area contributed by atoms with Crippen LogP contribution in [0.5, 0.6) is 5.75 Å². The smallest absolute Gasteiger partial charge is 0.184 e. The molecule has 1 aromatic carbocycles. The van der Waals surface area contributed by atoms with Gasteiger partial charge in [-0.2, -0.15) is 5.26 Å². The quantitative estimate of drug-likeness (QED) is 0.845. The lowest BCUT2D eigenvalue weighted by Crippen LogP contribution is -2.15. The van der Waals surface area contributed by atoms with Gasteiger partial charge in [-0.25, -0.2) is 0 Å². The molecule has 0 spiro atoms. The normalized spacial score (nSPS) is 13.9. The molecule has 1 aromatic rings. The van der Waals surface area contributed by atoms with Crippen LogP contribution in [0.1, 0.15) is 37.4 Å². The van der Waals surface area contributed by atoms with Crippen molar-refractivity contribution < 1.29 is 4.74 Å². The second kappa shape index (κ2) is 5.53. The van der Waals surface area contributed by atoms with E-state index in [9.17, 15) is 0 Å². The Bertz CT molecular complexity index is 393. The first kappa shape index (κ1) is 12.5. The minimum atomic E-state index is -0.403. The molecule has 0 saturated heterocycles. The average Bonchev–Trinajstić information content (AvgIpc) is 2.27. The Morgan fingerprint density at radius 2 is 2.19 bits per heavy atom. The highest BCUT2D eigenvalue weighted by Crippen LogP contribution is 2.26. The second-order valence-corrected chi connectivity index (χ2v) is 3.97. The van der Waals surface area contributed by atoms with Crippen molar-refractivity contribution in [2.24, 2.45) is 5.73 Å². The molecule has 0 heterocycles. The zero-order chi connectivity index (χ0) is 12.1. The fourth-order valence-electron chi connectivity index (χ4n) is 1.49. The number of hydrogen-bond donors (Lipinski definition) is 1. The number of nitriles is 1. The maximum atomic E-state index is 8.87. The van der Waals surface area contributed by atoms with E-state index in [2.05, 4.69) is 6.07 Å². The van der Waals surface area contributed by atoms with Gasteiger partial charge in [0.05, 0.1) is 0 Å². The Balaban J connectivity index is 3.00. The molecule has 2 atom stereocenters. The van der Waals surface area contributed by atoms with Crippen LogP contribution < -0.4 is 10.5 Å². The van der Waals surface area contributed by atoms with Gasteiger partial charge in [-0.15, -0.1) is 0 Å². The van der Waals surface area contributed by atoms with Crippen LogP contribution in [-0.2, 0) is 0 Å². The number of hydrogen-bond acceptors (Lipinski definition) is 3. The fraction of sp³-hybridized carbons (Fsp3) is 0.462. The molecule has 86 valence electrons. The number of benzene rings is 1. The van der Waals surface area contributed by atoms with E-state index in [-0.39, 0.29) is 6.04 Å². The molecule has 0 aromatic heterocycles. The molecule has 3 nitrogen and oxygen atoms in total. The monoisotopic (exact) mass is 218 g/mol.